The minimum absolute atomic E-state index is 0.0864. The number of carbonyl (C=O) groups is 3. The molecule has 3 heterocycles. The molecule has 0 aliphatic carbocycles. The average Bonchev–Trinajstić information content (AvgIpc) is 3.23. The standard InChI is InChI=1S/C20H25N3O6S/c1-20(2)17(23-15(24)11-16(23)30(20,27)28)19(26)22-10-4-5-14(22)18(25)21-12-6-8-13(29-3)9-7-12/h6-9,14,16-17H,4-5,10-11H2,1-3H3,(H,21,25). The lowest BCUT2D eigenvalue weighted by molar-refractivity contribution is -0.155. The highest BCUT2D eigenvalue weighted by Gasteiger charge is 2.68. The number of likely N-dealkylation sites (tertiary alicyclic amines) is 1. The second-order valence-electron chi connectivity index (χ2n) is 8.42. The van der Waals surface area contributed by atoms with E-state index in [0.717, 1.165) is 0 Å². The quantitative estimate of drug-likeness (QED) is 0.699. The molecule has 1 aromatic rings. The van der Waals surface area contributed by atoms with Gasteiger partial charge in [0.2, 0.25) is 17.7 Å². The summed E-state index contributed by atoms with van der Waals surface area (Å²) in [5.74, 6) is -0.502. The van der Waals surface area contributed by atoms with E-state index in [2.05, 4.69) is 5.32 Å². The molecule has 0 aromatic heterocycles. The van der Waals surface area contributed by atoms with Crippen molar-refractivity contribution in [2.45, 2.75) is 55.3 Å². The second kappa shape index (κ2) is 6.97. The lowest BCUT2D eigenvalue weighted by Gasteiger charge is -2.39. The van der Waals surface area contributed by atoms with Crippen molar-refractivity contribution >= 4 is 33.2 Å². The highest BCUT2D eigenvalue weighted by Crippen LogP contribution is 2.46. The summed E-state index contributed by atoms with van der Waals surface area (Å²) in [6, 6.07) is 5.02. The Morgan fingerprint density at radius 1 is 1.20 bits per heavy atom. The van der Waals surface area contributed by atoms with Crippen LogP contribution in [-0.4, -0.2) is 71.8 Å². The highest BCUT2D eigenvalue weighted by atomic mass is 32.2. The lowest BCUT2D eigenvalue weighted by Crippen LogP contribution is -2.61. The summed E-state index contributed by atoms with van der Waals surface area (Å²) in [6.07, 6.45) is 1.02. The monoisotopic (exact) mass is 435 g/mol. The Balaban J connectivity index is 1.55. The van der Waals surface area contributed by atoms with Gasteiger partial charge in [-0.15, -0.1) is 0 Å². The third-order valence-corrected chi connectivity index (χ3v) is 9.21. The molecule has 0 radical (unpaired) electrons. The van der Waals surface area contributed by atoms with E-state index in [1.807, 2.05) is 0 Å². The molecule has 1 aromatic carbocycles. The van der Waals surface area contributed by atoms with Crippen LogP contribution in [-0.2, 0) is 24.2 Å². The van der Waals surface area contributed by atoms with E-state index in [1.165, 1.54) is 23.6 Å². The van der Waals surface area contributed by atoms with Gasteiger partial charge in [-0.2, -0.15) is 0 Å². The van der Waals surface area contributed by atoms with E-state index in [9.17, 15) is 22.8 Å². The summed E-state index contributed by atoms with van der Waals surface area (Å²) in [6.45, 7) is 3.32. The maximum absolute atomic E-state index is 13.4. The lowest BCUT2D eigenvalue weighted by atomic mass is 9.96. The molecule has 3 aliphatic heterocycles. The molecule has 3 aliphatic rings. The summed E-state index contributed by atoms with van der Waals surface area (Å²) in [5, 5.41) is 1.86. The molecule has 4 rings (SSSR count). The molecular formula is C20H25N3O6S. The zero-order valence-corrected chi connectivity index (χ0v) is 17.9. The molecule has 3 saturated heterocycles. The molecule has 0 spiro atoms. The van der Waals surface area contributed by atoms with Crippen molar-refractivity contribution in [3.05, 3.63) is 24.3 Å². The van der Waals surface area contributed by atoms with Crippen molar-refractivity contribution in [1.29, 1.82) is 0 Å². The Hall–Kier alpha value is -2.62. The normalized spacial score (nSPS) is 28.6. The van der Waals surface area contributed by atoms with Crippen LogP contribution in [0.3, 0.4) is 0 Å². The van der Waals surface area contributed by atoms with E-state index in [0.29, 0.717) is 30.8 Å². The number of β-lactam (4-membered cyclic amide) rings is 1. The number of nitrogens with one attached hydrogen (secondary N) is 1. The SMILES string of the molecule is COc1ccc(NC(=O)C2CCCN2C(=O)C2N3C(=O)CC3S(=O)(=O)C2(C)C)cc1. The van der Waals surface area contributed by atoms with Gasteiger partial charge in [0.1, 0.15) is 23.2 Å². The fraction of sp³-hybridized carbons (Fsp3) is 0.550. The number of nitrogens with zero attached hydrogens (tertiary/aromatic N) is 2. The summed E-state index contributed by atoms with van der Waals surface area (Å²) in [7, 11) is -2.12. The van der Waals surface area contributed by atoms with Crippen LogP contribution in [0.2, 0.25) is 0 Å². The van der Waals surface area contributed by atoms with Crippen LogP contribution in [0.1, 0.15) is 33.1 Å². The number of benzene rings is 1. The van der Waals surface area contributed by atoms with E-state index < -0.39 is 37.9 Å². The Morgan fingerprint density at radius 2 is 1.87 bits per heavy atom. The molecule has 0 bridgehead atoms. The molecule has 3 fully saturated rings. The van der Waals surface area contributed by atoms with Crippen LogP contribution in [0.5, 0.6) is 5.75 Å². The van der Waals surface area contributed by atoms with Crippen molar-refractivity contribution in [2.75, 3.05) is 19.0 Å². The maximum Gasteiger partial charge on any atom is 0.247 e. The zero-order valence-electron chi connectivity index (χ0n) is 17.1. The molecule has 9 nitrogen and oxygen atoms in total. The Labute approximate surface area is 175 Å². The van der Waals surface area contributed by atoms with Crippen molar-refractivity contribution in [3.63, 3.8) is 0 Å². The number of ether oxygens (including phenoxy) is 1. The van der Waals surface area contributed by atoms with Crippen LogP contribution in [0.4, 0.5) is 5.69 Å². The largest absolute Gasteiger partial charge is 0.497 e. The first-order chi connectivity index (χ1) is 14.1. The van der Waals surface area contributed by atoms with Crippen molar-refractivity contribution < 1.29 is 27.5 Å². The first-order valence-corrected chi connectivity index (χ1v) is 11.4. The number of hydrogen-bond donors (Lipinski definition) is 1. The van der Waals surface area contributed by atoms with Gasteiger partial charge in [0, 0.05) is 12.2 Å². The number of methoxy groups -OCH3 is 1. The third kappa shape index (κ3) is 2.88. The Bertz CT molecular complexity index is 1000. The van der Waals surface area contributed by atoms with Crippen molar-refractivity contribution in [1.82, 2.24) is 9.80 Å². The molecule has 3 unspecified atom stereocenters. The fourth-order valence-electron chi connectivity index (χ4n) is 4.59. The minimum atomic E-state index is -3.67. The van der Waals surface area contributed by atoms with Gasteiger partial charge in [0.05, 0.1) is 18.3 Å². The van der Waals surface area contributed by atoms with Crippen LogP contribution in [0, 0.1) is 0 Å². The summed E-state index contributed by atoms with van der Waals surface area (Å²) < 4.78 is 29.3. The number of hydrogen-bond acceptors (Lipinski definition) is 6. The Kier molecular flexibility index (Phi) is 4.80. The van der Waals surface area contributed by atoms with Gasteiger partial charge < -0.3 is 19.9 Å². The van der Waals surface area contributed by atoms with Crippen LogP contribution < -0.4 is 10.1 Å². The fourth-order valence-corrected chi connectivity index (χ4v) is 6.72. The zero-order chi connectivity index (χ0) is 21.8. The van der Waals surface area contributed by atoms with Gasteiger partial charge >= 0.3 is 0 Å². The van der Waals surface area contributed by atoms with Crippen molar-refractivity contribution in [2.24, 2.45) is 0 Å². The minimum Gasteiger partial charge on any atom is -0.497 e. The second-order valence-corrected chi connectivity index (χ2v) is 11.1. The molecule has 0 saturated carbocycles. The van der Waals surface area contributed by atoms with Gasteiger partial charge in [0.15, 0.2) is 9.84 Å². The molecule has 3 amide bonds. The van der Waals surface area contributed by atoms with Gasteiger partial charge in [0.25, 0.3) is 0 Å². The number of fused-ring (bicyclic) bond motifs is 1. The van der Waals surface area contributed by atoms with Crippen molar-refractivity contribution in [3.8, 4) is 5.75 Å². The predicted molar refractivity (Wildman–Crippen MR) is 108 cm³/mol. The summed E-state index contributed by atoms with van der Waals surface area (Å²) >= 11 is 0. The topological polar surface area (TPSA) is 113 Å². The van der Waals surface area contributed by atoms with Gasteiger partial charge in [-0.3, -0.25) is 14.4 Å². The van der Waals surface area contributed by atoms with E-state index in [4.69, 9.17) is 4.74 Å². The number of carbonyl (C=O) groups excluding carboxylic acids is 3. The van der Waals surface area contributed by atoms with E-state index in [-0.39, 0.29) is 18.2 Å². The Morgan fingerprint density at radius 3 is 2.47 bits per heavy atom. The van der Waals surface area contributed by atoms with Crippen LogP contribution in [0.15, 0.2) is 24.3 Å². The molecule has 30 heavy (non-hydrogen) atoms. The number of amides is 3. The first-order valence-electron chi connectivity index (χ1n) is 9.89. The summed E-state index contributed by atoms with van der Waals surface area (Å²) in [5.41, 5.74) is 0.571. The van der Waals surface area contributed by atoms with Gasteiger partial charge in [-0.1, -0.05) is 0 Å². The number of sulfone groups is 1. The van der Waals surface area contributed by atoms with Gasteiger partial charge in [-0.05, 0) is 51.0 Å². The van der Waals surface area contributed by atoms with E-state index >= 15 is 0 Å². The molecule has 10 heteroatoms. The average molecular weight is 436 g/mol. The number of rotatable bonds is 4. The highest BCUT2D eigenvalue weighted by molar-refractivity contribution is 7.93. The predicted octanol–water partition coefficient (Wildman–Crippen LogP) is 0.759. The van der Waals surface area contributed by atoms with Gasteiger partial charge in [-0.25, -0.2) is 8.42 Å². The van der Waals surface area contributed by atoms with Crippen LogP contribution >= 0.6 is 0 Å². The number of anilines is 1. The van der Waals surface area contributed by atoms with E-state index in [1.54, 1.807) is 31.4 Å². The molecule has 3 atom stereocenters. The molecular weight excluding hydrogens is 410 g/mol. The smallest absolute Gasteiger partial charge is 0.247 e. The summed E-state index contributed by atoms with van der Waals surface area (Å²) in [4.78, 5) is 41.0. The molecule has 1 N–H and O–H groups in total. The third-order valence-electron chi connectivity index (χ3n) is 6.41. The van der Waals surface area contributed by atoms with Crippen LogP contribution in [0.25, 0.3) is 0 Å². The molecule has 162 valence electrons. The maximum atomic E-state index is 13.4. The first kappa shape index (κ1) is 20.6.